The molecule has 36 heavy (non-hydrogen) atoms. The van der Waals surface area contributed by atoms with Gasteiger partial charge in [0.25, 0.3) is 5.91 Å². The van der Waals surface area contributed by atoms with Crippen LogP contribution in [0.15, 0.2) is 65.1 Å². The van der Waals surface area contributed by atoms with Gasteiger partial charge >= 0.3 is 0 Å². The molecule has 2 amide bonds. The van der Waals surface area contributed by atoms with E-state index in [2.05, 4.69) is 21.2 Å². The number of halogens is 2. The normalized spacial score (nSPS) is 13.8. The van der Waals surface area contributed by atoms with Gasteiger partial charge in [-0.3, -0.25) is 9.59 Å². The molecule has 1 heterocycles. The van der Waals surface area contributed by atoms with Gasteiger partial charge in [0.15, 0.2) is 0 Å². The minimum absolute atomic E-state index is 0.0330. The van der Waals surface area contributed by atoms with Crippen LogP contribution in [0.4, 0.5) is 10.1 Å². The van der Waals surface area contributed by atoms with Crippen LogP contribution in [0.25, 0.3) is 0 Å². The number of carbonyl (C=O) groups excluding carboxylic acids is 2. The standard InChI is InChI=1S/C28H28BrFN2O4/c1-35-23-15-21(16-24(17-23)36-2)28(34)32-11-9-20(10-12-32)19-4-6-22(7-5-19)31-27(33)14-18-3-8-25(29)26(30)13-18/h3-8,13,15-17,20H,9-12,14H2,1-2H3,(H,31,33). The molecule has 0 aliphatic carbocycles. The van der Waals surface area contributed by atoms with Gasteiger partial charge in [0.05, 0.1) is 25.1 Å². The van der Waals surface area contributed by atoms with Crippen molar-refractivity contribution in [3.63, 3.8) is 0 Å². The Morgan fingerprint density at radius 1 is 0.972 bits per heavy atom. The van der Waals surface area contributed by atoms with E-state index in [0.29, 0.717) is 51.8 Å². The Morgan fingerprint density at radius 3 is 2.19 bits per heavy atom. The first-order chi connectivity index (χ1) is 17.4. The van der Waals surface area contributed by atoms with Crippen LogP contribution in [0.3, 0.4) is 0 Å². The fourth-order valence-electron chi connectivity index (χ4n) is 4.41. The van der Waals surface area contributed by atoms with Crippen LogP contribution in [-0.4, -0.2) is 44.0 Å². The number of benzene rings is 3. The minimum atomic E-state index is -0.388. The molecule has 0 bridgehead atoms. The highest BCUT2D eigenvalue weighted by molar-refractivity contribution is 9.10. The molecule has 3 aromatic carbocycles. The van der Waals surface area contributed by atoms with Gasteiger partial charge in [0.2, 0.25) is 5.91 Å². The van der Waals surface area contributed by atoms with E-state index in [1.54, 1.807) is 44.6 Å². The maximum atomic E-state index is 13.7. The molecule has 1 N–H and O–H groups in total. The fraction of sp³-hybridized carbons (Fsp3) is 0.286. The van der Waals surface area contributed by atoms with Gasteiger partial charge < -0.3 is 19.7 Å². The number of rotatable bonds is 7. The van der Waals surface area contributed by atoms with E-state index in [1.165, 1.54) is 11.6 Å². The number of hydrogen-bond donors (Lipinski definition) is 1. The van der Waals surface area contributed by atoms with Gasteiger partial charge in [-0.25, -0.2) is 4.39 Å². The van der Waals surface area contributed by atoms with Crippen LogP contribution in [0, 0.1) is 5.82 Å². The molecule has 188 valence electrons. The first-order valence-electron chi connectivity index (χ1n) is 11.7. The van der Waals surface area contributed by atoms with Crippen LogP contribution in [0.1, 0.15) is 40.2 Å². The van der Waals surface area contributed by atoms with Gasteiger partial charge in [0, 0.05) is 30.4 Å². The van der Waals surface area contributed by atoms with Crippen LogP contribution in [0.5, 0.6) is 11.5 Å². The molecular formula is C28H28BrFN2O4. The Hall–Kier alpha value is -3.39. The van der Waals surface area contributed by atoms with Crippen LogP contribution >= 0.6 is 15.9 Å². The number of methoxy groups -OCH3 is 2. The molecule has 4 rings (SSSR count). The van der Waals surface area contributed by atoms with Gasteiger partial charge in [-0.2, -0.15) is 0 Å². The Kier molecular flexibility index (Phi) is 8.25. The summed E-state index contributed by atoms with van der Waals surface area (Å²) in [6, 6.07) is 17.7. The first kappa shape index (κ1) is 25.7. The molecule has 0 unspecified atom stereocenters. The zero-order valence-electron chi connectivity index (χ0n) is 20.2. The van der Waals surface area contributed by atoms with Crippen molar-refractivity contribution in [2.24, 2.45) is 0 Å². The predicted molar refractivity (Wildman–Crippen MR) is 140 cm³/mol. The lowest BCUT2D eigenvalue weighted by Gasteiger charge is -2.32. The molecule has 1 aliphatic heterocycles. The van der Waals surface area contributed by atoms with Crippen molar-refractivity contribution in [3.05, 3.63) is 87.6 Å². The lowest BCUT2D eigenvalue weighted by atomic mass is 9.89. The Balaban J connectivity index is 1.31. The second-order valence-electron chi connectivity index (χ2n) is 8.76. The number of piperidine rings is 1. The van der Waals surface area contributed by atoms with Crippen molar-refractivity contribution >= 4 is 33.4 Å². The minimum Gasteiger partial charge on any atom is -0.497 e. The Labute approximate surface area is 218 Å². The van der Waals surface area contributed by atoms with Crippen molar-refractivity contribution in [1.29, 1.82) is 0 Å². The second-order valence-corrected chi connectivity index (χ2v) is 9.62. The van der Waals surface area contributed by atoms with Gasteiger partial charge in [-0.05, 0) is 82.2 Å². The molecular weight excluding hydrogens is 527 g/mol. The van der Waals surface area contributed by atoms with E-state index in [-0.39, 0.29) is 24.1 Å². The molecule has 0 atom stereocenters. The number of carbonyl (C=O) groups is 2. The summed E-state index contributed by atoms with van der Waals surface area (Å²) in [6.45, 7) is 1.32. The molecule has 1 saturated heterocycles. The largest absolute Gasteiger partial charge is 0.497 e. The summed E-state index contributed by atoms with van der Waals surface area (Å²) in [6.07, 6.45) is 1.80. The number of likely N-dealkylation sites (tertiary alicyclic amines) is 1. The summed E-state index contributed by atoms with van der Waals surface area (Å²) in [5, 5.41) is 2.87. The number of anilines is 1. The summed E-state index contributed by atoms with van der Waals surface area (Å²) < 4.78 is 24.6. The maximum Gasteiger partial charge on any atom is 0.254 e. The van der Waals surface area contributed by atoms with Crippen molar-refractivity contribution in [2.75, 3.05) is 32.6 Å². The predicted octanol–water partition coefficient (Wildman–Crippen LogP) is 5.81. The Bertz CT molecular complexity index is 1220. The fourth-order valence-corrected chi connectivity index (χ4v) is 4.65. The van der Waals surface area contributed by atoms with Gasteiger partial charge in [-0.1, -0.05) is 18.2 Å². The third-order valence-corrected chi connectivity index (χ3v) is 7.04. The first-order valence-corrected chi connectivity index (χ1v) is 12.5. The van der Waals surface area contributed by atoms with Crippen LogP contribution < -0.4 is 14.8 Å². The summed E-state index contributed by atoms with van der Waals surface area (Å²) in [7, 11) is 3.13. The van der Waals surface area contributed by atoms with Crippen molar-refractivity contribution < 1.29 is 23.5 Å². The molecule has 1 aliphatic rings. The molecule has 0 aromatic heterocycles. The van der Waals surface area contributed by atoms with Crippen molar-refractivity contribution in [2.45, 2.75) is 25.2 Å². The number of amides is 2. The average molecular weight is 555 g/mol. The molecule has 6 nitrogen and oxygen atoms in total. The van der Waals surface area contributed by atoms with E-state index in [0.717, 1.165) is 12.8 Å². The van der Waals surface area contributed by atoms with E-state index >= 15 is 0 Å². The SMILES string of the molecule is COc1cc(OC)cc(C(=O)N2CCC(c3ccc(NC(=O)Cc4ccc(Br)c(F)c4)cc3)CC2)c1. The molecule has 3 aromatic rings. The summed E-state index contributed by atoms with van der Waals surface area (Å²) >= 11 is 3.12. The van der Waals surface area contributed by atoms with E-state index in [4.69, 9.17) is 9.47 Å². The van der Waals surface area contributed by atoms with Crippen LogP contribution in [-0.2, 0) is 11.2 Å². The number of hydrogen-bond acceptors (Lipinski definition) is 4. The van der Waals surface area contributed by atoms with Gasteiger partial charge in [-0.15, -0.1) is 0 Å². The third-order valence-electron chi connectivity index (χ3n) is 6.40. The zero-order chi connectivity index (χ0) is 25.7. The summed E-state index contributed by atoms with van der Waals surface area (Å²) in [5.41, 5.74) is 3.04. The molecule has 0 spiro atoms. The molecule has 0 saturated carbocycles. The summed E-state index contributed by atoms with van der Waals surface area (Å²) in [4.78, 5) is 27.3. The summed E-state index contributed by atoms with van der Waals surface area (Å²) in [5.74, 6) is 0.886. The van der Waals surface area contributed by atoms with Crippen LogP contribution in [0.2, 0.25) is 0 Å². The zero-order valence-corrected chi connectivity index (χ0v) is 21.8. The third kappa shape index (κ3) is 6.23. The van der Waals surface area contributed by atoms with Crippen molar-refractivity contribution in [3.8, 4) is 11.5 Å². The highest BCUT2D eigenvalue weighted by Gasteiger charge is 2.25. The quantitative estimate of drug-likeness (QED) is 0.400. The Morgan fingerprint density at radius 2 is 1.61 bits per heavy atom. The van der Waals surface area contributed by atoms with E-state index < -0.39 is 0 Å². The number of nitrogens with zero attached hydrogens (tertiary/aromatic N) is 1. The second kappa shape index (κ2) is 11.6. The van der Waals surface area contributed by atoms with E-state index in [9.17, 15) is 14.0 Å². The number of ether oxygens (including phenoxy) is 2. The highest BCUT2D eigenvalue weighted by atomic mass is 79.9. The number of nitrogens with one attached hydrogen (secondary N) is 1. The average Bonchev–Trinajstić information content (AvgIpc) is 2.90. The lowest BCUT2D eigenvalue weighted by molar-refractivity contribution is -0.115. The molecule has 8 heteroatoms. The monoisotopic (exact) mass is 554 g/mol. The lowest BCUT2D eigenvalue weighted by Crippen LogP contribution is -2.37. The highest BCUT2D eigenvalue weighted by Crippen LogP contribution is 2.31. The topological polar surface area (TPSA) is 67.9 Å². The molecule has 1 fully saturated rings. The van der Waals surface area contributed by atoms with Gasteiger partial charge in [0.1, 0.15) is 17.3 Å². The molecule has 0 radical (unpaired) electrons. The van der Waals surface area contributed by atoms with Crippen molar-refractivity contribution in [1.82, 2.24) is 4.90 Å². The maximum absolute atomic E-state index is 13.7. The van der Waals surface area contributed by atoms with E-state index in [1.807, 2.05) is 29.2 Å². The smallest absolute Gasteiger partial charge is 0.254 e.